The minimum absolute atomic E-state index is 0. The number of Topliss-reactive ketones (excluding diaryl/α,β-unsaturated/α-hetero) is 1. The van der Waals surface area contributed by atoms with E-state index in [9.17, 15) is 9.59 Å². The number of ether oxygens (including phenoxy) is 1. The van der Waals surface area contributed by atoms with E-state index in [1.807, 2.05) is 0 Å². The molecule has 1 aromatic rings. The molecule has 0 atom stereocenters. The molecule has 1 rings (SSSR count). The van der Waals surface area contributed by atoms with Crippen LogP contribution in [-0.4, -0.2) is 18.9 Å². The number of nitrogen functional groups attached to an aromatic ring is 1. The van der Waals surface area contributed by atoms with Gasteiger partial charge in [-0.2, -0.15) is 0 Å². The van der Waals surface area contributed by atoms with Crippen molar-refractivity contribution in [1.82, 2.24) is 0 Å². The number of benzene rings is 1. The van der Waals surface area contributed by atoms with E-state index in [-0.39, 0.29) is 23.7 Å². The van der Waals surface area contributed by atoms with Gasteiger partial charge in [0.1, 0.15) is 0 Å². The number of hydrogen-bond acceptors (Lipinski definition) is 4. The van der Waals surface area contributed by atoms with Gasteiger partial charge in [-0.15, -0.1) is 12.4 Å². The molecule has 76 valence electrons. The van der Waals surface area contributed by atoms with Gasteiger partial charge in [-0.1, -0.05) is 12.1 Å². The summed E-state index contributed by atoms with van der Waals surface area (Å²) in [5, 5.41) is 0. The summed E-state index contributed by atoms with van der Waals surface area (Å²) in [6.07, 6.45) is 0. The molecule has 0 aliphatic heterocycles. The van der Waals surface area contributed by atoms with Gasteiger partial charge in [0.05, 0.1) is 12.7 Å². The van der Waals surface area contributed by atoms with Crippen LogP contribution in [0.25, 0.3) is 0 Å². The van der Waals surface area contributed by atoms with Crippen molar-refractivity contribution >= 4 is 29.8 Å². The predicted molar refractivity (Wildman–Crippen MR) is 54.4 cm³/mol. The van der Waals surface area contributed by atoms with Gasteiger partial charge in [0.25, 0.3) is 5.78 Å². The summed E-state index contributed by atoms with van der Waals surface area (Å²) in [4.78, 5) is 22.1. The molecule has 14 heavy (non-hydrogen) atoms. The van der Waals surface area contributed by atoms with Crippen LogP contribution in [0.2, 0.25) is 0 Å². The van der Waals surface area contributed by atoms with Gasteiger partial charge in [-0.05, 0) is 12.1 Å². The maximum Gasteiger partial charge on any atom is 0.379 e. The maximum atomic E-state index is 11.2. The summed E-state index contributed by atoms with van der Waals surface area (Å²) in [5.74, 6) is -1.63. The Bertz CT molecular complexity index is 352. The first-order chi connectivity index (χ1) is 6.16. The topological polar surface area (TPSA) is 69.4 Å². The third-order valence-corrected chi connectivity index (χ3v) is 1.58. The Labute approximate surface area is 87.5 Å². The summed E-state index contributed by atoms with van der Waals surface area (Å²) in [5.41, 5.74) is 5.94. The van der Waals surface area contributed by atoms with Crippen LogP contribution in [-0.2, 0) is 9.53 Å². The van der Waals surface area contributed by atoms with Crippen molar-refractivity contribution in [2.24, 2.45) is 0 Å². The average Bonchev–Trinajstić information content (AvgIpc) is 2.16. The second-order valence-electron chi connectivity index (χ2n) is 2.41. The molecule has 2 N–H and O–H groups in total. The highest BCUT2D eigenvalue weighted by Crippen LogP contribution is 2.11. The zero-order valence-electron chi connectivity index (χ0n) is 7.52. The van der Waals surface area contributed by atoms with Crippen molar-refractivity contribution in [3.63, 3.8) is 0 Å². The van der Waals surface area contributed by atoms with Crippen LogP contribution in [0.15, 0.2) is 24.3 Å². The molecule has 0 aromatic heterocycles. The van der Waals surface area contributed by atoms with Crippen LogP contribution in [0.4, 0.5) is 5.69 Å². The number of carbonyl (C=O) groups excluding carboxylic acids is 2. The van der Waals surface area contributed by atoms with Crippen molar-refractivity contribution in [3.05, 3.63) is 29.8 Å². The van der Waals surface area contributed by atoms with Gasteiger partial charge >= 0.3 is 5.97 Å². The molecule has 0 saturated heterocycles. The lowest BCUT2D eigenvalue weighted by Crippen LogP contribution is -2.17. The third kappa shape index (κ3) is 2.47. The molecule has 0 heterocycles. The van der Waals surface area contributed by atoms with Gasteiger partial charge in [0.15, 0.2) is 0 Å². The number of para-hydroxylation sites is 1. The quantitative estimate of drug-likeness (QED) is 0.347. The lowest BCUT2D eigenvalue weighted by atomic mass is 10.1. The molecule has 0 bridgehead atoms. The molecule has 0 spiro atoms. The Hall–Kier alpha value is -1.55. The molecule has 0 amide bonds. The van der Waals surface area contributed by atoms with Crippen LogP contribution >= 0.6 is 12.4 Å². The summed E-state index contributed by atoms with van der Waals surface area (Å²) >= 11 is 0. The molecular weight excluding hydrogens is 206 g/mol. The highest BCUT2D eigenvalue weighted by Gasteiger charge is 2.18. The van der Waals surface area contributed by atoms with Gasteiger partial charge in [0, 0.05) is 5.69 Å². The number of esters is 1. The van der Waals surface area contributed by atoms with Crippen LogP contribution in [0.3, 0.4) is 0 Å². The molecule has 0 aliphatic rings. The molecule has 4 nitrogen and oxygen atoms in total. The molecule has 0 saturated carbocycles. The van der Waals surface area contributed by atoms with Crippen LogP contribution in [0, 0.1) is 0 Å². The first-order valence-electron chi connectivity index (χ1n) is 3.64. The average molecular weight is 216 g/mol. The number of hydrogen-bond donors (Lipinski definition) is 1. The number of ketones is 1. The standard InChI is InChI=1S/C9H9NO3.ClH/c1-13-9(12)8(11)6-4-2-3-5-7(6)10;/h2-5H,10H2,1H3;1H. The lowest BCUT2D eigenvalue weighted by molar-refractivity contribution is -0.135. The van der Waals surface area contributed by atoms with E-state index in [1.54, 1.807) is 18.2 Å². The fraction of sp³-hybridized carbons (Fsp3) is 0.111. The van der Waals surface area contributed by atoms with Crippen molar-refractivity contribution in [1.29, 1.82) is 0 Å². The van der Waals surface area contributed by atoms with E-state index >= 15 is 0 Å². The van der Waals surface area contributed by atoms with E-state index in [0.29, 0.717) is 0 Å². The van der Waals surface area contributed by atoms with Crippen LogP contribution in [0.5, 0.6) is 0 Å². The molecule has 0 unspecified atom stereocenters. The predicted octanol–water partition coefficient (Wildman–Crippen LogP) is 1.05. The summed E-state index contributed by atoms with van der Waals surface area (Å²) in [6.45, 7) is 0. The van der Waals surface area contributed by atoms with Crippen LogP contribution in [0.1, 0.15) is 10.4 Å². The SMILES string of the molecule is COC(=O)C(=O)c1ccccc1N.Cl. The Morgan fingerprint density at radius 3 is 2.36 bits per heavy atom. The van der Waals surface area contributed by atoms with Crippen molar-refractivity contribution in [2.75, 3.05) is 12.8 Å². The number of carbonyl (C=O) groups is 2. The Morgan fingerprint density at radius 1 is 1.29 bits per heavy atom. The van der Waals surface area contributed by atoms with Gasteiger partial charge in [0.2, 0.25) is 0 Å². The fourth-order valence-corrected chi connectivity index (χ4v) is 0.906. The number of anilines is 1. The second kappa shape index (κ2) is 5.24. The van der Waals surface area contributed by atoms with Gasteiger partial charge < -0.3 is 10.5 Å². The summed E-state index contributed by atoms with van der Waals surface area (Å²) in [7, 11) is 1.15. The largest absolute Gasteiger partial charge is 0.463 e. The molecular formula is C9H10ClNO3. The summed E-state index contributed by atoms with van der Waals surface area (Å²) in [6, 6.07) is 6.35. The minimum atomic E-state index is -0.905. The normalized spacial score (nSPS) is 8.64. The summed E-state index contributed by atoms with van der Waals surface area (Å²) < 4.78 is 4.28. The lowest BCUT2D eigenvalue weighted by Gasteiger charge is -2.01. The Kier molecular flexibility index (Phi) is 4.66. The highest BCUT2D eigenvalue weighted by atomic mass is 35.5. The molecule has 0 fully saturated rings. The van der Waals surface area contributed by atoms with E-state index in [4.69, 9.17) is 5.73 Å². The second-order valence-corrected chi connectivity index (χ2v) is 2.41. The van der Waals surface area contributed by atoms with E-state index in [1.165, 1.54) is 6.07 Å². The minimum Gasteiger partial charge on any atom is -0.463 e. The number of halogens is 1. The number of nitrogens with two attached hydrogens (primary N) is 1. The van der Waals surface area contributed by atoms with Crippen molar-refractivity contribution in [2.45, 2.75) is 0 Å². The molecule has 5 heteroatoms. The number of methoxy groups -OCH3 is 1. The van der Waals surface area contributed by atoms with E-state index < -0.39 is 11.8 Å². The number of rotatable bonds is 2. The Morgan fingerprint density at radius 2 is 1.86 bits per heavy atom. The fourth-order valence-electron chi connectivity index (χ4n) is 0.906. The first kappa shape index (κ1) is 12.5. The molecule has 1 aromatic carbocycles. The monoisotopic (exact) mass is 215 g/mol. The molecule has 0 aliphatic carbocycles. The zero-order valence-corrected chi connectivity index (χ0v) is 8.34. The zero-order chi connectivity index (χ0) is 9.84. The maximum absolute atomic E-state index is 11.2. The smallest absolute Gasteiger partial charge is 0.379 e. The van der Waals surface area contributed by atoms with Gasteiger partial charge in [-0.25, -0.2) is 4.79 Å². The van der Waals surface area contributed by atoms with Crippen LogP contribution < -0.4 is 5.73 Å². The third-order valence-electron chi connectivity index (χ3n) is 1.58. The van der Waals surface area contributed by atoms with E-state index in [2.05, 4.69) is 4.74 Å². The van der Waals surface area contributed by atoms with Crippen molar-refractivity contribution < 1.29 is 14.3 Å². The van der Waals surface area contributed by atoms with E-state index in [0.717, 1.165) is 7.11 Å². The Balaban J connectivity index is 0.00000169. The highest BCUT2D eigenvalue weighted by molar-refractivity contribution is 6.41. The molecule has 0 radical (unpaired) electrons. The first-order valence-corrected chi connectivity index (χ1v) is 3.64. The van der Waals surface area contributed by atoms with Crippen molar-refractivity contribution in [3.8, 4) is 0 Å². The van der Waals surface area contributed by atoms with Gasteiger partial charge in [-0.3, -0.25) is 4.79 Å².